The van der Waals surface area contributed by atoms with Crippen LogP contribution in [0.5, 0.6) is 11.5 Å². The third-order valence-electron chi connectivity index (χ3n) is 3.52. The van der Waals surface area contributed by atoms with Gasteiger partial charge in [0.05, 0.1) is 14.2 Å². The fraction of sp³-hybridized carbons (Fsp3) is 0.500. The molecule has 1 heterocycles. The summed E-state index contributed by atoms with van der Waals surface area (Å²) in [6.07, 6.45) is 4.01. The number of ether oxygens (including phenoxy) is 2. The molecule has 128 valence electrons. The summed E-state index contributed by atoms with van der Waals surface area (Å²) in [5.41, 5.74) is 1.25. The van der Waals surface area contributed by atoms with Gasteiger partial charge in [-0.15, -0.1) is 0 Å². The van der Waals surface area contributed by atoms with Crippen molar-refractivity contribution >= 4 is 11.9 Å². The van der Waals surface area contributed by atoms with Crippen molar-refractivity contribution in [3.05, 3.63) is 23.8 Å². The van der Waals surface area contributed by atoms with Crippen molar-refractivity contribution in [2.24, 2.45) is 0 Å². The number of piperidine rings is 1. The zero-order valence-electron chi connectivity index (χ0n) is 13.4. The summed E-state index contributed by atoms with van der Waals surface area (Å²) >= 11 is 0. The fourth-order valence-electron chi connectivity index (χ4n) is 2.34. The van der Waals surface area contributed by atoms with Crippen molar-refractivity contribution < 1.29 is 29.3 Å². The van der Waals surface area contributed by atoms with Crippen molar-refractivity contribution in [2.75, 3.05) is 27.3 Å². The molecule has 0 unspecified atom stereocenters. The minimum Gasteiger partial charge on any atom is -0.497 e. The van der Waals surface area contributed by atoms with Gasteiger partial charge in [-0.25, -0.2) is 9.59 Å². The first-order valence-electron chi connectivity index (χ1n) is 7.37. The van der Waals surface area contributed by atoms with Gasteiger partial charge in [0.2, 0.25) is 0 Å². The quantitative estimate of drug-likeness (QED) is 0.815. The molecule has 0 aliphatic carbocycles. The molecule has 0 atom stereocenters. The predicted octanol–water partition coefficient (Wildman–Crippen LogP) is 1.85. The highest BCUT2D eigenvalue weighted by Crippen LogP contribution is 2.26. The minimum atomic E-state index is -1.82. The molecule has 0 bridgehead atoms. The molecule has 0 spiro atoms. The zero-order chi connectivity index (χ0) is 17.2. The number of methoxy groups -OCH3 is 2. The van der Waals surface area contributed by atoms with Crippen LogP contribution in [0.3, 0.4) is 0 Å². The van der Waals surface area contributed by atoms with Crippen molar-refractivity contribution in [3.63, 3.8) is 0 Å². The lowest BCUT2D eigenvalue weighted by Crippen LogP contribution is -2.29. The van der Waals surface area contributed by atoms with E-state index in [1.54, 1.807) is 14.2 Å². The number of benzene rings is 1. The largest absolute Gasteiger partial charge is 0.497 e. The predicted molar refractivity (Wildman–Crippen MR) is 83.9 cm³/mol. The number of carbonyl (C=O) groups is 2. The van der Waals surface area contributed by atoms with E-state index in [4.69, 9.17) is 29.3 Å². The summed E-state index contributed by atoms with van der Waals surface area (Å²) in [6, 6.07) is 6.06. The first kappa shape index (κ1) is 18.8. The number of carboxylic acids is 2. The molecule has 1 aliphatic rings. The topological polar surface area (TPSA) is 96.3 Å². The lowest BCUT2D eigenvalue weighted by molar-refractivity contribution is -0.159. The van der Waals surface area contributed by atoms with Gasteiger partial charge in [-0.1, -0.05) is 12.5 Å². The van der Waals surface area contributed by atoms with Crippen molar-refractivity contribution in [1.29, 1.82) is 0 Å². The summed E-state index contributed by atoms with van der Waals surface area (Å²) in [4.78, 5) is 20.7. The van der Waals surface area contributed by atoms with Gasteiger partial charge in [-0.2, -0.15) is 0 Å². The van der Waals surface area contributed by atoms with Crippen LogP contribution in [-0.4, -0.2) is 54.4 Å². The first-order valence-corrected chi connectivity index (χ1v) is 7.37. The Morgan fingerprint density at radius 3 is 2.13 bits per heavy atom. The maximum absolute atomic E-state index is 9.10. The lowest BCUT2D eigenvalue weighted by Gasteiger charge is -2.27. The molecule has 23 heavy (non-hydrogen) atoms. The number of aliphatic carboxylic acids is 2. The van der Waals surface area contributed by atoms with Gasteiger partial charge in [0, 0.05) is 18.2 Å². The van der Waals surface area contributed by atoms with E-state index in [1.807, 2.05) is 12.1 Å². The van der Waals surface area contributed by atoms with Gasteiger partial charge in [-0.05, 0) is 32.0 Å². The SMILES string of the molecule is COc1ccc(CN2CCCCC2)c(OC)c1.O=C(O)C(=O)O. The molecule has 1 aromatic rings. The normalized spacial score (nSPS) is 14.3. The first-order chi connectivity index (χ1) is 11.0. The van der Waals surface area contributed by atoms with Crippen LogP contribution in [0.4, 0.5) is 0 Å². The van der Waals surface area contributed by atoms with Crippen LogP contribution in [0, 0.1) is 0 Å². The second kappa shape index (κ2) is 9.68. The summed E-state index contributed by atoms with van der Waals surface area (Å²) < 4.78 is 10.6. The van der Waals surface area contributed by atoms with Crippen molar-refractivity contribution in [2.45, 2.75) is 25.8 Å². The Labute approximate surface area is 135 Å². The number of hydrogen-bond donors (Lipinski definition) is 2. The Morgan fingerprint density at radius 2 is 1.65 bits per heavy atom. The van der Waals surface area contributed by atoms with Gasteiger partial charge in [-0.3, -0.25) is 4.90 Å². The van der Waals surface area contributed by atoms with E-state index >= 15 is 0 Å². The summed E-state index contributed by atoms with van der Waals surface area (Å²) in [7, 11) is 3.40. The van der Waals surface area contributed by atoms with Crippen LogP contribution in [0.25, 0.3) is 0 Å². The zero-order valence-corrected chi connectivity index (χ0v) is 13.4. The smallest absolute Gasteiger partial charge is 0.414 e. The van der Waals surface area contributed by atoms with E-state index in [9.17, 15) is 0 Å². The molecule has 2 N–H and O–H groups in total. The molecule has 1 aliphatic heterocycles. The summed E-state index contributed by atoms with van der Waals surface area (Å²) in [5.74, 6) is -1.87. The highest BCUT2D eigenvalue weighted by Gasteiger charge is 2.13. The molecular formula is C16H23NO6. The van der Waals surface area contributed by atoms with Crippen LogP contribution >= 0.6 is 0 Å². The Balaban J connectivity index is 0.000000379. The maximum Gasteiger partial charge on any atom is 0.414 e. The van der Waals surface area contributed by atoms with Gasteiger partial charge >= 0.3 is 11.9 Å². The minimum absolute atomic E-state index is 0.851. The molecule has 1 aromatic carbocycles. The van der Waals surface area contributed by atoms with Crippen LogP contribution < -0.4 is 9.47 Å². The van der Waals surface area contributed by atoms with Crippen LogP contribution in [-0.2, 0) is 16.1 Å². The van der Waals surface area contributed by atoms with E-state index < -0.39 is 11.9 Å². The van der Waals surface area contributed by atoms with Crippen LogP contribution in [0.1, 0.15) is 24.8 Å². The Kier molecular flexibility index (Phi) is 7.90. The molecule has 0 saturated carbocycles. The molecule has 2 rings (SSSR count). The number of likely N-dealkylation sites (tertiary alicyclic amines) is 1. The van der Waals surface area contributed by atoms with Gasteiger partial charge < -0.3 is 19.7 Å². The molecular weight excluding hydrogens is 302 g/mol. The highest BCUT2D eigenvalue weighted by atomic mass is 16.5. The molecule has 1 saturated heterocycles. The Morgan fingerprint density at radius 1 is 1.04 bits per heavy atom. The lowest BCUT2D eigenvalue weighted by atomic mass is 10.1. The summed E-state index contributed by atoms with van der Waals surface area (Å²) in [6.45, 7) is 3.39. The average Bonchev–Trinajstić information content (AvgIpc) is 2.56. The van der Waals surface area contributed by atoms with Gasteiger partial charge in [0.25, 0.3) is 0 Å². The highest BCUT2D eigenvalue weighted by molar-refractivity contribution is 6.27. The van der Waals surface area contributed by atoms with Gasteiger partial charge in [0.1, 0.15) is 11.5 Å². The average molecular weight is 325 g/mol. The molecule has 0 aromatic heterocycles. The van der Waals surface area contributed by atoms with Crippen LogP contribution in [0.2, 0.25) is 0 Å². The maximum atomic E-state index is 9.10. The van der Waals surface area contributed by atoms with E-state index in [-0.39, 0.29) is 0 Å². The van der Waals surface area contributed by atoms with Gasteiger partial charge in [0.15, 0.2) is 0 Å². The molecule has 1 fully saturated rings. The number of carboxylic acid groups (broad SMARTS) is 2. The monoisotopic (exact) mass is 325 g/mol. The van der Waals surface area contributed by atoms with E-state index in [0.29, 0.717) is 0 Å². The second-order valence-electron chi connectivity index (χ2n) is 5.12. The number of rotatable bonds is 4. The summed E-state index contributed by atoms with van der Waals surface area (Å²) in [5, 5.41) is 14.8. The van der Waals surface area contributed by atoms with E-state index in [1.165, 1.54) is 37.9 Å². The van der Waals surface area contributed by atoms with E-state index in [0.717, 1.165) is 18.0 Å². The second-order valence-corrected chi connectivity index (χ2v) is 5.12. The molecule has 7 heteroatoms. The third kappa shape index (κ3) is 6.56. The standard InChI is InChI=1S/C14H21NO2.C2H2O4/c1-16-13-7-6-12(14(10-13)17-2)11-15-8-4-3-5-9-15;3-1(4)2(5)6/h6-7,10H,3-5,8-9,11H2,1-2H3;(H,3,4)(H,5,6). The molecule has 0 amide bonds. The third-order valence-corrected chi connectivity index (χ3v) is 3.52. The fourth-order valence-corrected chi connectivity index (χ4v) is 2.34. The Bertz CT molecular complexity index is 513. The Hall–Kier alpha value is -2.28. The number of hydrogen-bond acceptors (Lipinski definition) is 5. The van der Waals surface area contributed by atoms with Crippen molar-refractivity contribution in [3.8, 4) is 11.5 Å². The van der Waals surface area contributed by atoms with Crippen molar-refractivity contribution in [1.82, 2.24) is 4.90 Å². The molecule has 7 nitrogen and oxygen atoms in total. The van der Waals surface area contributed by atoms with Crippen LogP contribution in [0.15, 0.2) is 18.2 Å². The number of nitrogens with zero attached hydrogens (tertiary/aromatic N) is 1. The van der Waals surface area contributed by atoms with E-state index in [2.05, 4.69) is 11.0 Å². The molecule has 0 radical (unpaired) electrons.